The van der Waals surface area contributed by atoms with Crippen LogP contribution in [0.2, 0.25) is 0 Å². The van der Waals surface area contributed by atoms with Gasteiger partial charge in [0.1, 0.15) is 5.56 Å². The van der Waals surface area contributed by atoms with Crippen LogP contribution in [0.4, 0.5) is 5.82 Å². The van der Waals surface area contributed by atoms with Crippen LogP contribution in [0, 0.1) is 6.92 Å². The molecular formula is C23H21N5O13S. The summed E-state index contributed by atoms with van der Waals surface area (Å²) in [5.41, 5.74) is -1.51. The Morgan fingerprint density at radius 3 is 2.02 bits per heavy atom. The summed E-state index contributed by atoms with van der Waals surface area (Å²) in [6.45, 7) is 1.66. The number of phenols is 4. The zero-order chi connectivity index (χ0) is 31.1. The van der Waals surface area contributed by atoms with E-state index in [4.69, 9.17) is 14.2 Å². The number of methoxy groups -OCH3 is 2. The number of nitrogens with one attached hydrogen (secondary N) is 2. The fourth-order valence-corrected chi connectivity index (χ4v) is 4.39. The number of hydrogen-bond donors (Lipinski definition) is 9. The zero-order valence-corrected chi connectivity index (χ0v) is 22.4. The molecule has 18 nitrogen and oxygen atoms in total. The largest absolute Gasteiger partial charge is 0.503 e. The van der Waals surface area contributed by atoms with Crippen molar-refractivity contribution in [3.8, 4) is 74.9 Å². The van der Waals surface area contributed by atoms with Gasteiger partial charge in [0, 0.05) is 6.20 Å². The smallest absolute Gasteiger partial charge is 0.293 e. The second-order valence-corrected chi connectivity index (χ2v) is 9.88. The maximum atomic E-state index is 13.2. The summed E-state index contributed by atoms with van der Waals surface area (Å²) in [5.74, 6) is -12.8. The first-order valence-corrected chi connectivity index (χ1v) is 12.7. The number of phenolic OH excluding ortho intramolecular Hbond substituents is 4. The van der Waals surface area contributed by atoms with Gasteiger partial charge < -0.3 is 50.0 Å². The Morgan fingerprint density at radius 1 is 0.810 bits per heavy atom. The van der Waals surface area contributed by atoms with Gasteiger partial charge in [0.25, 0.3) is 21.5 Å². The Kier molecular flexibility index (Phi) is 7.36. The third-order valence-electron chi connectivity index (χ3n) is 5.50. The van der Waals surface area contributed by atoms with E-state index in [9.17, 15) is 49.0 Å². The van der Waals surface area contributed by atoms with Gasteiger partial charge in [0.2, 0.25) is 46.1 Å². The van der Waals surface area contributed by atoms with Gasteiger partial charge in [-0.05, 0) is 18.6 Å². The molecule has 0 saturated heterocycles. The molecule has 0 radical (unpaired) electrons. The van der Waals surface area contributed by atoms with E-state index < -0.39 is 101 Å². The van der Waals surface area contributed by atoms with Crippen molar-refractivity contribution in [3.05, 3.63) is 34.2 Å². The number of anilines is 1. The molecular weight excluding hydrogens is 586 g/mol. The van der Waals surface area contributed by atoms with E-state index >= 15 is 0 Å². The van der Waals surface area contributed by atoms with Crippen molar-refractivity contribution in [1.29, 1.82) is 0 Å². The van der Waals surface area contributed by atoms with E-state index in [-0.39, 0.29) is 0 Å². The molecule has 9 N–H and O–H groups in total. The summed E-state index contributed by atoms with van der Waals surface area (Å²) in [6, 6.07) is 2.58. The highest BCUT2D eigenvalue weighted by molar-refractivity contribution is 7.92. The van der Waals surface area contributed by atoms with E-state index in [0.29, 0.717) is 5.56 Å². The number of aryl methyl sites for hydroxylation is 1. The second-order valence-electron chi connectivity index (χ2n) is 8.25. The molecule has 0 bridgehead atoms. The van der Waals surface area contributed by atoms with Crippen molar-refractivity contribution in [2.45, 2.75) is 11.9 Å². The summed E-state index contributed by atoms with van der Waals surface area (Å²) < 4.78 is 44.2. The van der Waals surface area contributed by atoms with Gasteiger partial charge in [0.15, 0.2) is 28.2 Å². The summed E-state index contributed by atoms with van der Waals surface area (Å²) in [5, 5.41) is 70.5. The average Bonchev–Trinajstić information content (AvgIpc) is 2.94. The first-order valence-electron chi connectivity index (χ1n) is 11.2. The molecule has 0 saturated carbocycles. The summed E-state index contributed by atoms with van der Waals surface area (Å²) in [7, 11) is -2.61. The van der Waals surface area contributed by atoms with Gasteiger partial charge in [-0.25, -0.2) is 9.97 Å². The molecule has 0 unspecified atom stereocenters. The number of sulfonamides is 1. The lowest BCUT2D eigenvalue weighted by atomic mass is 10.2. The van der Waals surface area contributed by atoms with E-state index in [1.807, 2.05) is 4.72 Å². The van der Waals surface area contributed by atoms with Crippen LogP contribution >= 0.6 is 0 Å². The molecule has 0 aliphatic rings. The molecule has 4 aromatic rings. The normalized spacial score (nSPS) is 11.2. The standard InChI is InChI=1S/C23H21N5O13S/c1-7-4-5-8(24-6-7)42(37,38)28-20-18(41-17-15(34)13(32)12(31)14(33)16(17)39-2)23(40-3)26-19(25-20)9-10(29)21(35)27-22(36)11(9)30/h4-6,29-34H,1-3H3,(H,25,26,28)(H2,27,35,36). The highest BCUT2D eigenvalue weighted by Crippen LogP contribution is 2.57. The Labute approximate surface area is 234 Å². The Hall–Kier alpha value is -5.85. The number of hydrogen-bond acceptors (Lipinski definition) is 16. The van der Waals surface area contributed by atoms with Crippen molar-refractivity contribution in [1.82, 2.24) is 19.9 Å². The maximum Gasteiger partial charge on any atom is 0.293 e. The van der Waals surface area contributed by atoms with Crippen LogP contribution in [-0.4, -0.2) is 78.3 Å². The van der Waals surface area contributed by atoms with Crippen molar-refractivity contribution in [3.63, 3.8) is 0 Å². The lowest BCUT2D eigenvalue weighted by molar-refractivity contribution is 0.294. The summed E-state index contributed by atoms with van der Waals surface area (Å²) in [4.78, 5) is 25.5. The van der Waals surface area contributed by atoms with Crippen LogP contribution in [0.15, 0.2) is 28.2 Å². The molecule has 1 aromatic carbocycles. The van der Waals surface area contributed by atoms with E-state index in [0.717, 1.165) is 20.3 Å². The first kappa shape index (κ1) is 29.1. The number of aromatic amines is 1. The highest BCUT2D eigenvalue weighted by Gasteiger charge is 2.32. The zero-order valence-electron chi connectivity index (χ0n) is 21.6. The average molecular weight is 608 g/mol. The fourth-order valence-electron chi connectivity index (χ4n) is 3.46. The molecule has 222 valence electrons. The molecule has 0 spiro atoms. The molecule has 42 heavy (non-hydrogen) atoms. The van der Waals surface area contributed by atoms with Crippen molar-refractivity contribution >= 4 is 15.8 Å². The minimum absolute atomic E-state index is 0.516. The van der Waals surface area contributed by atoms with Gasteiger partial charge in [-0.2, -0.15) is 13.4 Å². The van der Waals surface area contributed by atoms with Crippen LogP contribution in [0.1, 0.15) is 5.56 Å². The minimum Gasteiger partial charge on any atom is -0.503 e. The van der Waals surface area contributed by atoms with Crippen LogP contribution in [0.3, 0.4) is 0 Å². The predicted octanol–water partition coefficient (Wildman–Crippen LogP) is 1.08. The van der Waals surface area contributed by atoms with Crippen LogP contribution < -0.4 is 24.5 Å². The lowest BCUT2D eigenvalue weighted by Crippen LogP contribution is -2.17. The quantitative estimate of drug-likeness (QED) is 0.1000. The molecule has 0 aliphatic heterocycles. The Balaban J connectivity index is 2.03. The van der Waals surface area contributed by atoms with Gasteiger partial charge in [-0.1, -0.05) is 6.07 Å². The molecule has 0 aliphatic carbocycles. The molecule has 19 heteroatoms. The lowest BCUT2D eigenvalue weighted by Gasteiger charge is -2.19. The van der Waals surface area contributed by atoms with Gasteiger partial charge in [-0.15, -0.1) is 0 Å². The number of H-pyrrole nitrogens is 1. The second kappa shape index (κ2) is 10.6. The number of pyridine rings is 2. The van der Waals surface area contributed by atoms with Gasteiger partial charge in [-0.3, -0.25) is 14.5 Å². The monoisotopic (exact) mass is 607 g/mol. The topological polar surface area (TPSA) is 287 Å². The third-order valence-corrected chi connectivity index (χ3v) is 6.76. The van der Waals surface area contributed by atoms with Crippen molar-refractivity contribution in [2.24, 2.45) is 0 Å². The fraction of sp³-hybridized carbons (Fsp3) is 0.130. The molecule has 0 atom stereocenters. The van der Waals surface area contributed by atoms with Crippen LogP contribution in [0.5, 0.6) is 63.5 Å². The third kappa shape index (κ3) is 4.94. The van der Waals surface area contributed by atoms with Crippen LogP contribution in [-0.2, 0) is 10.0 Å². The highest BCUT2D eigenvalue weighted by atomic mass is 32.2. The number of rotatable bonds is 8. The Bertz CT molecular complexity index is 1880. The summed E-state index contributed by atoms with van der Waals surface area (Å²) >= 11 is 0. The molecule has 0 amide bonds. The molecule has 4 rings (SSSR count). The number of benzene rings is 1. The van der Waals surface area contributed by atoms with Gasteiger partial charge >= 0.3 is 0 Å². The SMILES string of the molecule is COc1nc(-c2c(O)c(O)[nH]c(=O)c2O)nc(NS(=O)(=O)c2ccc(C)cn2)c1Oc1c(O)c(O)c(O)c(O)c1OC. The van der Waals surface area contributed by atoms with E-state index in [2.05, 4.69) is 15.0 Å². The molecule has 3 aromatic heterocycles. The maximum absolute atomic E-state index is 13.2. The molecule has 3 heterocycles. The predicted molar refractivity (Wildman–Crippen MR) is 139 cm³/mol. The number of aromatic nitrogens is 4. The van der Waals surface area contributed by atoms with Crippen LogP contribution in [0.25, 0.3) is 11.4 Å². The van der Waals surface area contributed by atoms with Crippen molar-refractivity contribution in [2.75, 3.05) is 18.9 Å². The van der Waals surface area contributed by atoms with E-state index in [1.54, 1.807) is 11.9 Å². The Morgan fingerprint density at radius 2 is 1.45 bits per heavy atom. The van der Waals surface area contributed by atoms with Crippen molar-refractivity contribution < 1.29 is 58.4 Å². The van der Waals surface area contributed by atoms with Gasteiger partial charge in [0.05, 0.1) is 14.2 Å². The number of nitrogens with zero attached hydrogens (tertiary/aromatic N) is 3. The number of aromatic hydroxyl groups is 7. The number of ether oxygens (including phenoxy) is 3. The summed E-state index contributed by atoms with van der Waals surface area (Å²) in [6.07, 6.45) is 1.25. The van der Waals surface area contributed by atoms with E-state index in [1.165, 1.54) is 12.3 Å². The minimum atomic E-state index is -4.62. The molecule has 0 fully saturated rings. The first-order chi connectivity index (χ1) is 19.7.